The van der Waals surface area contributed by atoms with E-state index >= 15 is 0 Å². The Labute approximate surface area is 92.7 Å². The number of aliphatic carboxylic acids is 1. The van der Waals surface area contributed by atoms with Gasteiger partial charge in [0.2, 0.25) is 0 Å². The molecule has 0 spiro atoms. The van der Waals surface area contributed by atoms with Crippen LogP contribution in [0.3, 0.4) is 0 Å². The molecule has 11 heteroatoms. The molecule has 0 saturated heterocycles. The normalized spacial score (nSPS) is 15.2. The van der Waals surface area contributed by atoms with Crippen molar-refractivity contribution in [3.8, 4) is 0 Å². The monoisotopic (exact) mass is 290 g/mol. The maximum atomic E-state index is 12.1. The van der Waals surface area contributed by atoms with Crippen molar-refractivity contribution >= 4 is 5.97 Å². The van der Waals surface area contributed by atoms with Gasteiger partial charge in [0, 0.05) is 6.08 Å². The highest BCUT2D eigenvalue weighted by atomic mass is 19.4. The van der Waals surface area contributed by atoms with Crippen LogP contribution >= 0.6 is 0 Å². The molecule has 106 valence electrons. The summed E-state index contributed by atoms with van der Waals surface area (Å²) in [5.41, 5.74) is -6.22. The highest BCUT2D eigenvalue weighted by Crippen LogP contribution is 2.60. The second-order valence-corrected chi connectivity index (χ2v) is 2.97. The highest BCUT2D eigenvalue weighted by Gasteiger charge is 2.82. The molecule has 0 rings (SSSR count). The summed E-state index contributed by atoms with van der Waals surface area (Å²) >= 11 is 0. The van der Waals surface area contributed by atoms with Crippen molar-refractivity contribution in [1.29, 1.82) is 0 Å². The van der Waals surface area contributed by atoms with Crippen LogP contribution in [-0.4, -0.2) is 29.6 Å². The van der Waals surface area contributed by atoms with Gasteiger partial charge in [0.05, 0.1) is 0 Å². The summed E-state index contributed by atoms with van der Waals surface area (Å²) < 4.78 is 109. The molecule has 2 nitrogen and oxygen atoms in total. The van der Waals surface area contributed by atoms with Crippen molar-refractivity contribution in [2.45, 2.75) is 18.5 Å². The van der Waals surface area contributed by atoms with Gasteiger partial charge in [-0.3, -0.25) is 0 Å². The van der Waals surface area contributed by atoms with E-state index < -0.39 is 42.1 Å². The predicted octanol–water partition coefficient (Wildman–Crippen LogP) is 3.30. The maximum Gasteiger partial charge on any atom is 0.415 e. The standard InChI is InChI=1S/C7H3F9O2/c8-5(9,10)4(6(11,12)13,7(14,15)16)2-1-3(17)18/h1-2H,(H,17,18). The summed E-state index contributed by atoms with van der Waals surface area (Å²) in [6.45, 7) is 0. The van der Waals surface area contributed by atoms with Gasteiger partial charge in [0.1, 0.15) is 0 Å². The van der Waals surface area contributed by atoms with Crippen LogP contribution < -0.4 is 0 Å². The van der Waals surface area contributed by atoms with Gasteiger partial charge in [-0.25, -0.2) is 4.79 Å². The van der Waals surface area contributed by atoms with E-state index in [4.69, 9.17) is 5.11 Å². The molecule has 0 aromatic rings. The molecule has 0 heterocycles. The average molecular weight is 290 g/mol. The largest absolute Gasteiger partial charge is 0.478 e. The molecule has 0 aliphatic rings. The summed E-state index contributed by atoms with van der Waals surface area (Å²) in [6.07, 6.45) is -22.7. The molecule has 0 unspecified atom stereocenters. The smallest absolute Gasteiger partial charge is 0.415 e. The summed E-state index contributed by atoms with van der Waals surface area (Å²) in [7, 11) is 0. The first-order valence-electron chi connectivity index (χ1n) is 3.79. The van der Waals surface area contributed by atoms with Gasteiger partial charge >= 0.3 is 24.5 Å². The van der Waals surface area contributed by atoms with Crippen molar-refractivity contribution in [1.82, 2.24) is 0 Å². The number of carboxylic acids is 1. The minimum atomic E-state index is -6.78. The Morgan fingerprint density at radius 3 is 1.22 bits per heavy atom. The Balaban J connectivity index is 6.18. The van der Waals surface area contributed by atoms with Gasteiger partial charge < -0.3 is 5.11 Å². The van der Waals surface area contributed by atoms with E-state index in [1.54, 1.807) is 0 Å². The zero-order valence-corrected chi connectivity index (χ0v) is 7.91. The topological polar surface area (TPSA) is 37.3 Å². The number of hydrogen-bond acceptors (Lipinski definition) is 1. The molecule has 0 radical (unpaired) electrons. The number of carboxylic acid groups (broad SMARTS) is 1. The first-order valence-corrected chi connectivity index (χ1v) is 3.79. The lowest BCUT2D eigenvalue weighted by molar-refractivity contribution is -0.406. The van der Waals surface area contributed by atoms with Crippen LogP contribution in [0, 0.1) is 5.41 Å². The quantitative estimate of drug-likeness (QED) is 0.626. The van der Waals surface area contributed by atoms with Crippen molar-refractivity contribution in [2.75, 3.05) is 0 Å². The third-order valence-electron chi connectivity index (χ3n) is 1.82. The Hall–Kier alpha value is -1.42. The van der Waals surface area contributed by atoms with E-state index in [0.717, 1.165) is 0 Å². The summed E-state index contributed by atoms with van der Waals surface area (Å²) in [6, 6.07) is 0. The molecule has 0 aromatic heterocycles. The van der Waals surface area contributed by atoms with E-state index in [2.05, 4.69) is 0 Å². The van der Waals surface area contributed by atoms with Gasteiger partial charge in [-0.05, 0) is 6.08 Å². The Morgan fingerprint density at radius 2 is 1.06 bits per heavy atom. The first kappa shape index (κ1) is 16.6. The van der Waals surface area contributed by atoms with E-state index in [-0.39, 0.29) is 0 Å². The van der Waals surface area contributed by atoms with Crippen LogP contribution in [-0.2, 0) is 4.79 Å². The first-order chi connectivity index (χ1) is 7.67. The molecule has 1 N–H and O–H groups in total. The van der Waals surface area contributed by atoms with E-state index in [0.29, 0.717) is 0 Å². The van der Waals surface area contributed by atoms with Gasteiger partial charge in [-0.15, -0.1) is 0 Å². The van der Waals surface area contributed by atoms with Crippen molar-refractivity contribution in [3.63, 3.8) is 0 Å². The molecule has 0 bridgehead atoms. The zero-order chi connectivity index (χ0) is 15.0. The lowest BCUT2D eigenvalue weighted by atomic mass is 9.85. The van der Waals surface area contributed by atoms with Crippen LogP contribution in [0.1, 0.15) is 0 Å². The fourth-order valence-corrected chi connectivity index (χ4v) is 0.962. The second-order valence-electron chi connectivity index (χ2n) is 2.97. The molecular formula is C7H3F9O2. The average Bonchev–Trinajstić information content (AvgIpc) is 1.94. The molecule has 18 heavy (non-hydrogen) atoms. The minimum Gasteiger partial charge on any atom is -0.478 e. The molecule has 0 amide bonds. The summed E-state index contributed by atoms with van der Waals surface area (Å²) in [4.78, 5) is 9.84. The number of allylic oxidation sites excluding steroid dienone is 1. The third kappa shape index (κ3) is 2.70. The molecule has 0 atom stereocenters. The minimum absolute atomic E-state index is 0.853. The molecule has 0 aliphatic heterocycles. The number of carbonyl (C=O) groups is 1. The van der Waals surface area contributed by atoms with Crippen molar-refractivity contribution < 1.29 is 49.4 Å². The van der Waals surface area contributed by atoms with Gasteiger partial charge in [-0.1, -0.05) is 0 Å². The molecule has 0 aromatic carbocycles. The van der Waals surface area contributed by atoms with Crippen molar-refractivity contribution in [2.24, 2.45) is 5.41 Å². The summed E-state index contributed by atoms with van der Waals surface area (Å²) in [5.74, 6) is -2.38. The number of halogens is 9. The fraction of sp³-hybridized carbons (Fsp3) is 0.571. The number of hydrogen-bond donors (Lipinski definition) is 1. The second kappa shape index (κ2) is 4.35. The SMILES string of the molecule is O=C(O)C=CC(C(F)(F)F)(C(F)(F)F)C(F)(F)F. The third-order valence-corrected chi connectivity index (χ3v) is 1.82. The fourth-order valence-electron chi connectivity index (χ4n) is 0.962. The Bertz CT molecular complexity index is 309. The van der Waals surface area contributed by atoms with E-state index in [9.17, 15) is 44.3 Å². The van der Waals surface area contributed by atoms with Crippen LogP contribution in [0.25, 0.3) is 0 Å². The van der Waals surface area contributed by atoms with Gasteiger partial charge in [0.25, 0.3) is 5.41 Å². The van der Waals surface area contributed by atoms with E-state index in [1.165, 1.54) is 0 Å². The van der Waals surface area contributed by atoms with Crippen LogP contribution in [0.15, 0.2) is 12.2 Å². The predicted molar refractivity (Wildman–Crippen MR) is 37.4 cm³/mol. The van der Waals surface area contributed by atoms with Crippen molar-refractivity contribution in [3.05, 3.63) is 12.2 Å². The lowest BCUT2D eigenvalue weighted by Gasteiger charge is -2.36. The molecule has 0 aliphatic carbocycles. The number of alkyl halides is 9. The summed E-state index contributed by atoms with van der Waals surface area (Å²) in [5, 5.41) is 7.89. The lowest BCUT2D eigenvalue weighted by Crippen LogP contribution is -2.58. The molecular weight excluding hydrogens is 287 g/mol. The Kier molecular flexibility index (Phi) is 4.01. The molecule has 0 fully saturated rings. The van der Waals surface area contributed by atoms with E-state index in [1.807, 2.05) is 0 Å². The van der Waals surface area contributed by atoms with Gasteiger partial charge in [-0.2, -0.15) is 39.5 Å². The molecule has 0 saturated carbocycles. The van der Waals surface area contributed by atoms with Crippen LogP contribution in [0.5, 0.6) is 0 Å². The highest BCUT2D eigenvalue weighted by molar-refractivity contribution is 5.80. The van der Waals surface area contributed by atoms with Gasteiger partial charge in [0.15, 0.2) is 0 Å². The Morgan fingerprint density at radius 1 is 0.778 bits per heavy atom. The maximum absolute atomic E-state index is 12.1. The van der Waals surface area contributed by atoms with Crippen LogP contribution in [0.4, 0.5) is 39.5 Å². The zero-order valence-electron chi connectivity index (χ0n) is 7.91. The van der Waals surface area contributed by atoms with Crippen LogP contribution in [0.2, 0.25) is 0 Å². The number of rotatable bonds is 2.